The zero-order valence-electron chi connectivity index (χ0n) is 20.8. The first-order valence-corrected chi connectivity index (χ1v) is 12.7. The zero-order valence-corrected chi connectivity index (χ0v) is 20.8. The SMILES string of the molecule is C=CCN1C[C@H](C(=O)N(CCCNCC(C)=O)C(=O)NCC)C[C@@H]2c3cccc4[nH]cc(c34)C[C@H]21. The Morgan fingerprint density at radius 3 is 2.89 bits per heavy atom. The minimum absolute atomic E-state index is 0.0637. The van der Waals surface area contributed by atoms with Gasteiger partial charge < -0.3 is 15.6 Å². The highest BCUT2D eigenvalue weighted by Crippen LogP contribution is 2.45. The van der Waals surface area contributed by atoms with Gasteiger partial charge in [0.25, 0.3) is 0 Å². The summed E-state index contributed by atoms with van der Waals surface area (Å²) in [7, 11) is 0. The van der Waals surface area contributed by atoms with Crippen molar-refractivity contribution < 1.29 is 14.4 Å². The van der Waals surface area contributed by atoms with Gasteiger partial charge in [-0.2, -0.15) is 0 Å². The first-order valence-electron chi connectivity index (χ1n) is 12.7. The van der Waals surface area contributed by atoms with Crippen LogP contribution in [0.1, 0.15) is 43.7 Å². The molecule has 0 spiro atoms. The van der Waals surface area contributed by atoms with E-state index in [0.29, 0.717) is 51.7 Å². The third kappa shape index (κ3) is 5.33. The lowest BCUT2D eigenvalue weighted by Gasteiger charge is -2.47. The average Bonchev–Trinajstić information content (AvgIpc) is 3.25. The van der Waals surface area contributed by atoms with Crippen LogP contribution in [0.3, 0.4) is 0 Å². The highest BCUT2D eigenvalue weighted by Gasteiger charge is 2.43. The number of imide groups is 1. The fraction of sp³-hybridized carbons (Fsp3) is 0.519. The molecule has 0 radical (unpaired) electrons. The van der Waals surface area contributed by atoms with Gasteiger partial charge in [0, 0.05) is 55.2 Å². The Hall–Kier alpha value is -2.97. The number of benzene rings is 1. The fourth-order valence-electron chi connectivity index (χ4n) is 5.76. The van der Waals surface area contributed by atoms with Crippen LogP contribution in [-0.4, -0.2) is 77.8 Å². The standard InChI is InChI=1S/C27H37N5O3/c1-4-11-31-17-20(26(34)32(27(35)29-5-2)12-7-10-28-15-18(3)33)13-22-21-8-6-9-23-25(21)19(16-30-23)14-24(22)31/h4,6,8-9,16,20,22,24,28,30H,1,5,7,10-15,17H2,2-3H3,(H,29,35)/t20-,22-,24-/m1/s1. The maximum Gasteiger partial charge on any atom is 0.324 e. The van der Waals surface area contributed by atoms with Crippen molar-refractivity contribution in [2.45, 2.75) is 45.1 Å². The van der Waals surface area contributed by atoms with Crippen molar-refractivity contribution in [3.63, 3.8) is 0 Å². The Kier molecular flexibility index (Phi) is 8.03. The molecular weight excluding hydrogens is 442 g/mol. The van der Waals surface area contributed by atoms with E-state index < -0.39 is 0 Å². The number of nitrogens with zero attached hydrogens (tertiary/aromatic N) is 2. The summed E-state index contributed by atoms with van der Waals surface area (Å²) in [6, 6.07) is 6.34. The van der Waals surface area contributed by atoms with Crippen LogP contribution in [0.2, 0.25) is 0 Å². The molecule has 1 aromatic heterocycles. The molecule has 2 heterocycles. The summed E-state index contributed by atoms with van der Waals surface area (Å²) in [5.74, 6) is -0.117. The number of urea groups is 1. The Labute approximate surface area is 207 Å². The van der Waals surface area contributed by atoms with Crippen LogP contribution in [0.15, 0.2) is 37.1 Å². The van der Waals surface area contributed by atoms with E-state index in [0.717, 1.165) is 18.4 Å². The molecule has 8 heteroatoms. The average molecular weight is 480 g/mol. The molecule has 0 saturated carbocycles. The van der Waals surface area contributed by atoms with E-state index in [1.807, 2.05) is 13.0 Å². The number of rotatable bonds is 10. The summed E-state index contributed by atoms with van der Waals surface area (Å²) in [4.78, 5) is 45.0. The van der Waals surface area contributed by atoms with Crippen molar-refractivity contribution in [1.29, 1.82) is 0 Å². The number of carbonyl (C=O) groups excluding carboxylic acids is 3. The highest BCUT2D eigenvalue weighted by atomic mass is 16.2. The lowest BCUT2D eigenvalue weighted by molar-refractivity contribution is -0.135. The van der Waals surface area contributed by atoms with Crippen molar-refractivity contribution in [2.75, 3.05) is 39.3 Å². The molecule has 2 aliphatic rings. The van der Waals surface area contributed by atoms with Gasteiger partial charge in [-0.05, 0) is 56.8 Å². The molecule has 3 atom stereocenters. The number of piperidine rings is 1. The number of hydrogen-bond donors (Lipinski definition) is 3. The summed E-state index contributed by atoms with van der Waals surface area (Å²) in [5, 5.41) is 7.16. The number of nitrogens with one attached hydrogen (secondary N) is 3. The van der Waals surface area contributed by atoms with Crippen LogP contribution in [0.4, 0.5) is 4.79 Å². The van der Waals surface area contributed by atoms with E-state index in [2.05, 4.69) is 51.5 Å². The minimum Gasteiger partial charge on any atom is -0.361 e. The van der Waals surface area contributed by atoms with Crippen molar-refractivity contribution in [2.24, 2.45) is 5.92 Å². The highest BCUT2D eigenvalue weighted by molar-refractivity contribution is 5.96. The minimum atomic E-state index is -0.347. The van der Waals surface area contributed by atoms with E-state index in [4.69, 9.17) is 0 Å². The van der Waals surface area contributed by atoms with E-state index >= 15 is 0 Å². The molecule has 1 aliphatic heterocycles. The van der Waals surface area contributed by atoms with Gasteiger partial charge >= 0.3 is 6.03 Å². The number of aromatic amines is 1. The van der Waals surface area contributed by atoms with E-state index in [-0.39, 0.29) is 29.6 Å². The van der Waals surface area contributed by atoms with Gasteiger partial charge in [0.1, 0.15) is 5.78 Å². The summed E-state index contributed by atoms with van der Waals surface area (Å²) in [6.45, 7) is 10.3. The van der Waals surface area contributed by atoms with Crippen LogP contribution in [-0.2, 0) is 16.0 Å². The number of amides is 3. The first kappa shape index (κ1) is 25.1. The van der Waals surface area contributed by atoms with Gasteiger partial charge in [-0.25, -0.2) is 4.79 Å². The van der Waals surface area contributed by atoms with Crippen molar-refractivity contribution in [3.05, 3.63) is 48.2 Å². The molecule has 1 aromatic carbocycles. The summed E-state index contributed by atoms with van der Waals surface area (Å²) in [6.07, 6.45) is 6.28. The third-order valence-electron chi connectivity index (χ3n) is 7.24. The van der Waals surface area contributed by atoms with Gasteiger partial charge in [0.15, 0.2) is 0 Å². The topological polar surface area (TPSA) is 97.5 Å². The number of fused-ring (bicyclic) bond motifs is 2. The molecule has 3 N–H and O–H groups in total. The molecular formula is C27H37N5O3. The Balaban J connectivity index is 1.55. The number of carbonyl (C=O) groups is 3. The summed E-state index contributed by atoms with van der Waals surface area (Å²) in [5.41, 5.74) is 3.76. The fourth-order valence-corrected chi connectivity index (χ4v) is 5.76. The largest absolute Gasteiger partial charge is 0.361 e. The van der Waals surface area contributed by atoms with Crippen LogP contribution in [0.5, 0.6) is 0 Å². The normalized spacial score (nSPS) is 21.4. The second-order valence-electron chi connectivity index (χ2n) is 9.69. The first-order chi connectivity index (χ1) is 16.9. The molecule has 188 valence electrons. The van der Waals surface area contributed by atoms with E-state index in [1.165, 1.54) is 28.3 Å². The predicted octanol–water partition coefficient (Wildman–Crippen LogP) is 2.81. The Bertz CT molecular complexity index is 1090. The molecule has 4 rings (SSSR count). The molecule has 1 aliphatic carbocycles. The van der Waals surface area contributed by atoms with E-state index in [1.54, 1.807) is 0 Å². The van der Waals surface area contributed by atoms with Gasteiger partial charge in [-0.3, -0.25) is 19.4 Å². The van der Waals surface area contributed by atoms with Crippen molar-refractivity contribution >= 4 is 28.6 Å². The monoisotopic (exact) mass is 479 g/mol. The number of ketones is 1. The lowest BCUT2D eigenvalue weighted by Crippen LogP contribution is -2.55. The number of H-pyrrole nitrogens is 1. The molecule has 1 fully saturated rings. The molecule has 35 heavy (non-hydrogen) atoms. The molecule has 3 amide bonds. The lowest BCUT2D eigenvalue weighted by atomic mass is 9.72. The maximum atomic E-state index is 13.8. The Morgan fingerprint density at radius 2 is 2.14 bits per heavy atom. The zero-order chi connectivity index (χ0) is 24.9. The molecule has 0 bridgehead atoms. The van der Waals surface area contributed by atoms with Gasteiger partial charge in [-0.1, -0.05) is 18.2 Å². The third-order valence-corrected chi connectivity index (χ3v) is 7.24. The van der Waals surface area contributed by atoms with E-state index in [9.17, 15) is 14.4 Å². The molecule has 0 unspecified atom stereocenters. The maximum absolute atomic E-state index is 13.8. The predicted molar refractivity (Wildman–Crippen MR) is 137 cm³/mol. The second-order valence-corrected chi connectivity index (χ2v) is 9.69. The Morgan fingerprint density at radius 1 is 1.31 bits per heavy atom. The smallest absolute Gasteiger partial charge is 0.324 e. The molecule has 8 nitrogen and oxygen atoms in total. The second kappa shape index (κ2) is 11.2. The number of likely N-dealkylation sites (tertiary alicyclic amines) is 1. The van der Waals surface area contributed by atoms with Gasteiger partial charge in [0.05, 0.1) is 12.5 Å². The number of hydrogen-bond acceptors (Lipinski definition) is 5. The van der Waals surface area contributed by atoms with Gasteiger partial charge in [0.2, 0.25) is 5.91 Å². The van der Waals surface area contributed by atoms with Crippen molar-refractivity contribution in [1.82, 2.24) is 25.4 Å². The summed E-state index contributed by atoms with van der Waals surface area (Å²) >= 11 is 0. The summed E-state index contributed by atoms with van der Waals surface area (Å²) < 4.78 is 0. The number of Topliss-reactive ketones (excluding diaryl/α,β-unsaturated/α-hetero) is 1. The van der Waals surface area contributed by atoms with Crippen molar-refractivity contribution in [3.8, 4) is 0 Å². The van der Waals surface area contributed by atoms with Crippen LogP contribution in [0.25, 0.3) is 10.9 Å². The van der Waals surface area contributed by atoms with Gasteiger partial charge in [-0.15, -0.1) is 6.58 Å². The van der Waals surface area contributed by atoms with Crippen LogP contribution < -0.4 is 10.6 Å². The van der Waals surface area contributed by atoms with Crippen LogP contribution in [0, 0.1) is 5.92 Å². The molecule has 2 aromatic rings. The quantitative estimate of drug-likeness (QED) is 0.360. The van der Waals surface area contributed by atoms with Crippen LogP contribution >= 0.6 is 0 Å². The number of aromatic nitrogens is 1. The molecule has 1 saturated heterocycles.